The van der Waals surface area contributed by atoms with Crippen molar-refractivity contribution in [2.24, 2.45) is 0 Å². The molecule has 3 aromatic carbocycles. The Labute approximate surface area is 227 Å². The molecule has 0 aliphatic heterocycles. The van der Waals surface area contributed by atoms with Crippen LogP contribution in [0.5, 0.6) is 5.75 Å². The van der Waals surface area contributed by atoms with Gasteiger partial charge in [0.25, 0.3) is 5.91 Å². The van der Waals surface area contributed by atoms with Gasteiger partial charge in [-0.1, -0.05) is 42.5 Å². The van der Waals surface area contributed by atoms with Crippen LogP contribution in [0.15, 0.2) is 66.7 Å². The number of carbonyl (C=O) groups is 3. The number of alkyl carbamates (subject to hydrolysis) is 1. The number of aromatic hydroxyl groups is 1. The third-order valence-corrected chi connectivity index (χ3v) is 6.62. The van der Waals surface area contributed by atoms with E-state index in [1.807, 2.05) is 36.4 Å². The zero-order valence-electron chi connectivity index (χ0n) is 22.4. The molecule has 1 saturated carbocycles. The van der Waals surface area contributed by atoms with E-state index < -0.39 is 42.2 Å². The third-order valence-electron chi connectivity index (χ3n) is 6.62. The van der Waals surface area contributed by atoms with Gasteiger partial charge >= 0.3 is 6.09 Å². The molecule has 4 N–H and O–H groups in total. The molecule has 206 valence electrons. The van der Waals surface area contributed by atoms with Crippen molar-refractivity contribution in [3.63, 3.8) is 0 Å². The second-order valence-electron chi connectivity index (χ2n) is 10.8. The lowest BCUT2D eigenvalue weighted by molar-refractivity contribution is -0.146. The molecule has 1 fully saturated rings. The molecule has 0 radical (unpaired) electrons. The van der Waals surface area contributed by atoms with Gasteiger partial charge in [0.1, 0.15) is 23.4 Å². The third kappa shape index (κ3) is 6.86. The molecule has 4 rings (SSSR count). The summed E-state index contributed by atoms with van der Waals surface area (Å²) in [6.07, 6.45) is 1.35. The topological polar surface area (TPSA) is 128 Å². The van der Waals surface area contributed by atoms with Crippen molar-refractivity contribution < 1.29 is 29.3 Å². The first kappa shape index (κ1) is 27.9. The van der Waals surface area contributed by atoms with E-state index in [2.05, 4.69) is 10.6 Å². The minimum atomic E-state index is -1.33. The first-order valence-corrected chi connectivity index (χ1v) is 13.1. The fourth-order valence-corrected chi connectivity index (χ4v) is 4.61. The monoisotopic (exact) mass is 533 g/mol. The Balaban J connectivity index is 1.68. The number of hydrogen-bond acceptors (Lipinski definition) is 6. The molecule has 0 aromatic heterocycles. The fraction of sp³-hybridized carbons (Fsp3) is 0.367. The summed E-state index contributed by atoms with van der Waals surface area (Å²) in [5.41, 5.74) is 0.155. The number of hydrogen-bond donors (Lipinski definition) is 4. The SMILES string of the molecule is CC(C)(C)OC(=O)NC(CO)C(=O)N(C1CCC1)C(C(=O)Nc1ccc2ccccc2c1)c1cccc(O)c1. The molecular weight excluding hydrogens is 498 g/mol. The van der Waals surface area contributed by atoms with Gasteiger partial charge in [-0.2, -0.15) is 0 Å². The van der Waals surface area contributed by atoms with E-state index in [4.69, 9.17) is 4.74 Å². The van der Waals surface area contributed by atoms with E-state index in [1.54, 1.807) is 39.0 Å². The molecule has 0 spiro atoms. The maximum atomic E-state index is 13.9. The van der Waals surface area contributed by atoms with Gasteiger partial charge in [0.2, 0.25) is 5.91 Å². The van der Waals surface area contributed by atoms with Crippen LogP contribution >= 0.6 is 0 Å². The quantitative estimate of drug-likeness (QED) is 0.338. The lowest BCUT2D eigenvalue weighted by atomic mass is 9.88. The van der Waals surface area contributed by atoms with Crippen molar-refractivity contribution >= 4 is 34.4 Å². The van der Waals surface area contributed by atoms with Gasteiger partial charge in [-0.05, 0) is 80.6 Å². The average molecular weight is 534 g/mol. The van der Waals surface area contributed by atoms with E-state index >= 15 is 0 Å². The van der Waals surface area contributed by atoms with Crippen LogP contribution in [0.1, 0.15) is 51.6 Å². The molecule has 9 heteroatoms. The van der Waals surface area contributed by atoms with Crippen LogP contribution in [0, 0.1) is 0 Å². The first-order valence-electron chi connectivity index (χ1n) is 13.1. The van der Waals surface area contributed by atoms with E-state index in [9.17, 15) is 24.6 Å². The Morgan fingerprint density at radius 1 is 1.00 bits per heavy atom. The van der Waals surface area contributed by atoms with E-state index in [0.717, 1.165) is 17.2 Å². The Hall–Kier alpha value is -4.11. The second kappa shape index (κ2) is 11.7. The maximum Gasteiger partial charge on any atom is 0.408 e. The number of benzene rings is 3. The normalized spacial score (nSPS) is 15.1. The van der Waals surface area contributed by atoms with Crippen LogP contribution in [0.25, 0.3) is 10.8 Å². The molecule has 1 aliphatic rings. The van der Waals surface area contributed by atoms with Crippen LogP contribution in [0.2, 0.25) is 0 Å². The molecule has 0 bridgehead atoms. The molecule has 0 heterocycles. The number of aliphatic hydroxyl groups excluding tert-OH is 1. The first-order chi connectivity index (χ1) is 18.6. The summed E-state index contributed by atoms with van der Waals surface area (Å²) < 4.78 is 5.28. The minimum Gasteiger partial charge on any atom is -0.508 e. The second-order valence-corrected chi connectivity index (χ2v) is 10.8. The smallest absolute Gasteiger partial charge is 0.408 e. The highest BCUT2D eigenvalue weighted by Gasteiger charge is 2.42. The largest absolute Gasteiger partial charge is 0.508 e. The number of nitrogens with one attached hydrogen (secondary N) is 2. The number of phenols is 1. The van der Waals surface area contributed by atoms with Crippen LogP contribution in [-0.2, 0) is 14.3 Å². The standard InChI is InChI=1S/C30H35N3O6/c1-30(2,3)39-29(38)32-25(18-34)28(37)33(23-11-7-12-23)26(21-10-6-13-24(35)17-21)27(36)31-22-15-14-19-8-4-5-9-20(19)16-22/h4-6,8-10,13-17,23,25-26,34-35H,7,11-12,18H2,1-3H3,(H,31,36)(H,32,38). The van der Waals surface area contributed by atoms with Gasteiger partial charge in [-0.15, -0.1) is 0 Å². The summed E-state index contributed by atoms with van der Waals surface area (Å²) in [5.74, 6) is -1.15. The minimum absolute atomic E-state index is 0.0531. The van der Waals surface area contributed by atoms with Crippen molar-refractivity contribution in [3.05, 3.63) is 72.3 Å². The summed E-state index contributed by atoms with van der Waals surface area (Å²) in [6, 6.07) is 16.7. The number of aliphatic hydroxyl groups is 1. The fourth-order valence-electron chi connectivity index (χ4n) is 4.61. The molecule has 2 atom stereocenters. The lowest BCUT2D eigenvalue weighted by Gasteiger charge is -2.43. The average Bonchev–Trinajstić information content (AvgIpc) is 2.84. The van der Waals surface area contributed by atoms with Crippen molar-refractivity contribution in [2.45, 2.75) is 63.8 Å². The van der Waals surface area contributed by atoms with Crippen LogP contribution in [-0.4, -0.2) is 57.3 Å². The van der Waals surface area contributed by atoms with Gasteiger partial charge in [0.15, 0.2) is 0 Å². The summed E-state index contributed by atoms with van der Waals surface area (Å²) in [6.45, 7) is 4.40. The number of ether oxygens (including phenoxy) is 1. The van der Waals surface area contributed by atoms with Gasteiger partial charge in [0, 0.05) is 11.7 Å². The zero-order valence-corrected chi connectivity index (χ0v) is 22.4. The van der Waals surface area contributed by atoms with Crippen molar-refractivity contribution in [1.29, 1.82) is 0 Å². The molecule has 0 saturated heterocycles. The number of rotatable bonds is 8. The van der Waals surface area contributed by atoms with Crippen molar-refractivity contribution in [2.75, 3.05) is 11.9 Å². The van der Waals surface area contributed by atoms with Crippen LogP contribution in [0.3, 0.4) is 0 Å². The Kier molecular flexibility index (Phi) is 8.40. The summed E-state index contributed by atoms with van der Waals surface area (Å²) in [5, 5.41) is 27.6. The predicted octanol–water partition coefficient (Wildman–Crippen LogP) is 4.49. The van der Waals surface area contributed by atoms with Crippen LogP contribution < -0.4 is 10.6 Å². The van der Waals surface area contributed by atoms with E-state index in [-0.39, 0.29) is 11.8 Å². The number of carbonyl (C=O) groups excluding carboxylic acids is 3. The van der Waals surface area contributed by atoms with E-state index in [0.29, 0.717) is 24.1 Å². The van der Waals surface area contributed by atoms with Gasteiger partial charge in [-0.3, -0.25) is 9.59 Å². The highest BCUT2D eigenvalue weighted by Crippen LogP contribution is 2.35. The molecule has 9 nitrogen and oxygen atoms in total. The Morgan fingerprint density at radius 3 is 2.33 bits per heavy atom. The summed E-state index contributed by atoms with van der Waals surface area (Å²) in [4.78, 5) is 41.7. The molecule has 2 unspecified atom stereocenters. The predicted molar refractivity (Wildman–Crippen MR) is 148 cm³/mol. The zero-order chi connectivity index (χ0) is 28.2. The van der Waals surface area contributed by atoms with Gasteiger partial charge < -0.3 is 30.5 Å². The molecule has 39 heavy (non-hydrogen) atoms. The molecular formula is C30H35N3O6. The molecule has 1 aliphatic carbocycles. The molecule has 3 aromatic rings. The Morgan fingerprint density at radius 2 is 1.72 bits per heavy atom. The summed E-state index contributed by atoms with van der Waals surface area (Å²) in [7, 11) is 0. The van der Waals surface area contributed by atoms with Crippen molar-refractivity contribution in [1.82, 2.24) is 10.2 Å². The van der Waals surface area contributed by atoms with Gasteiger partial charge in [-0.25, -0.2) is 4.79 Å². The molecule has 3 amide bonds. The maximum absolute atomic E-state index is 13.9. The summed E-state index contributed by atoms with van der Waals surface area (Å²) >= 11 is 0. The number of anilines is 1. The number of amides is 3. The highest BCUT2D eigenvalue weighted by atomic mass is 16.6. The number of phenolic OH excluding ortho intramolecular Hbond substituents is 1. The van der Waals surface area contributed by atoms with Crippen molar-refractivity contribution in [3.8, 4) is 5.75 Å². The Bertz CT molecular complexity index is 1350. The lowest BCUT2D eigenvalue weighted by Crippen LogP contribution is -2.58. The van der Waals surface area contributed by atoms with Gasteiger partial charge in [0.05, 0.1) is 6.61 Å². The van der Waals surface area contributed by atoms with Crippen LogP contribution in [0.4, 0.5) is 10.5 Å². The number of fused-ring (bicyclic) bond motifs is 1. The number of nitrogens with zero attached hydrogens (tertiary/aromatic N) is 1. The highest BCUT2D eigenvalue weighted by molar-refractivity contribution is 6.00. The van der Waals surface area contributed by atoms with E-state index in [1.165, 1.54) is 17.0 Å².